The Labute approximate surface area is 121 Å². The fraction of sp³-hybridized carbons (Fsp3) is 0.357. The Kier molecular flexibility index (Phi) is 3.94. The number of hydrogen-bond donors (Lipinski definition) is 2. The number of nitrogens with one attached hydrogen (secondary N) is 2. The molecular weight excluding hydrogens is 272 g/mol. The van der Waals surface area contributed by atoms with Crippen molar-refractivity contribution in [3.63, 3.8) is 0 Å². The lowest BCUT2D eigenvalue weighted by atomic mass is 10.2. The number of benzene rings is 1. The van der Waals surface area contributed by atoms with E-state index >= 15 is 0 Å². The molecule has 0 bridgehead atoms. The van der Waals surface area contributed by atoms with Crippen LogP contribution in [0.1, 0.15) is 0 Å². The molecule has 1 aliphatic rings. The van der Waals surface area contributed by atoms with Crippen molar-refractivity contribution in [2.24, 2.45) is 0 Å². The van der Waals surface area contributed by atoms with Gasteiger partial charge in [0.05, 0.1) is 23.2 Å². The Morgan fingerprint density at radius 2 is 2.33 bits per heavy atom. The second kappa shape index (κ2) is 6.02. The molecule has 2 N–H and O–H groups in total. The number of morpholine rings is 1. The van der Waals surface area contributed by atoms with Gasteiger partial charge in [0.2, 0.25) is 0 Å². The predicted octanol–water partition coefficient (Wildman–Crippen LogP) is 1.54. The Morgan fingerprint density at radius 1 is 1.43 bits per heavy atom. The maximum absolute atomic E-state index is 10.7. The lowest BCUT2D eigenvalue weighted by Crippen LogP contribution is -2.42. The maximum atomic E-state index is 10.7. The minimum atomic E-state index is -0.404. The Hall–Kier alpha value is -2.25. The first kappa shape index (κ1) is 13.7. The lowest BCUT2D eigenvalue weighted by Gasteiger charge is -2.23. The molecule has 1 unspecified atom stereocenters. The smallest absolute Gasteiger partial charge is 0.270 e. The van der Waals surface area contributed by atoms with Crippen molar-refractivity contribution in [2.75, 3.05) is 31.6 Å². The molecule has 0 aliphatic carbocycles. The summed E-state index contributed by atoms with van der Waals surface area (Å²) in [5, 5.41) is 18.0. The number of hydrogen-bond acceptors (Lipinski definition) is 6. The van der Waals surface area contributed by atoms with Crippen molar-refractivity contribution in [3.8, 4) is 0 Å². The average molecular weight is 288 g/mol. The highest BCUT2D eigenvalue weighted by Gasteiger charge is 2.13. The van der Waals surface area contributed by atoms with Gasteiger partial charge in [0, 0.05) is 37.2 Å². The molecule has 0 amide bonds. The van der Waals surface area contributed by atoms with Crippen molar-refractivity contribution in [1.82, 2.24) is 10.3 Å². The van der Waals surface area contributed by atoms with Gasteiger partial charge in [-0.25, -0.2) is 4.98 Å². The predicted molar refractivity (Wildman–Crippen MR) is 79.5 cm³/mol. The minimum Gasteiger partial charge on any atom is -0.374 e. The molecular formula is C14H16N4O3. The molecule has 7 nitrogen and oxygen atoms in total. The van der Waals surface area contributed by atoms with Gasteiger partial charge in [0.25, 0.3) is 5.69 Å². The van der Waals surface area contributed by atoms with Gasteiger partial charge in [-0.1, -0.05) is 0 Å². The van der Waals surface area contributed by atoms with Gasteiger partial charge in [-0.2, -0.15) is 0 Å². The third-order valence-corrected chi connectivity index (χ3v) is 3.40. The highest BCUT2D eigenvalue weighted by molar-refractivity contribution is 5.82. The number of nitrogens with zero attached hydrogens (tertiary/aromatic N) is 2. The van der Waals surface area contributed by atoms with Crippen LogP contribution in [-0.4, -0.2) is 42.3 Å². The molecule has 21 heavy (non-hydrogen) atoms. The van der Waals surface area contributed by atoms with Crippen LogP contribution < -0.4 is 10.6 Å². The maximum Gasteiger partial charge on any atom is 0.270 e. The number of aromatic nitrogens is 1. The molecule has 0 radical (unpaired) electrons. The summed E-state index contributed by atoms with van der Waals surface area (Å²) in [4.78, 5) is 14.8. The Bertz CT molecular complexity index is 656. The van der Waals surface area contributed by atoms with Crippen molar-refractivity contribution >= 4 is 22.4 Å². The van der Waals surface area contributed by atoms with E-state index in [1.54, 1.807) is 6.07 Å². The highest BCUT2D eigenvalue weighted by atomic mass is 16.6. The lowest BCUT2D eigenvalue weighted by molar-refractivity contribution is -0.384. The van der Waals surface area contributed by atoms with Crippen molar-refractivity contribution in [1.29, 1.82) is 0 Å². The van der Waals surface area contributed by atoms with E-state index in [1.165, 1.54) is 12.1 Å². The number of nitro groups is 1. The average Bonchev–Trinajstić information content (AvgIpc) is 2.53. The summed E-state index contributed by atoms with van der Waals surface area (Å²) in [7, 11) is 0. The molecule has 0 saturated carbocycles. The number of non-ortho nitro benzene ring substituents is 1. The zero-order chi connectivity index (χ0) is 14.7. The van der Waals surface area contributed by atoms with Crippen molar-refractivity contribution < 1.29 is 9.66 Å². The van der Waals surface area contributed by atoms with Crippen molar-refractivity contribution in [3.05, 3.63) is 40.4 Å². The summed E-state index contributed by atoms with van der Waals surface area (Å²) in [5.41, 5.74) is 0.806. The van der Waals surface area contributed by atoms with Crippen molar-refractivity contribution in [2.45, 2.75) is 6.10 Å². The zero-order valence-corrected chi connectivity index (χ0v) is 11.4. The SMILES string of the molecule is O=[N+]([O-])c1ccc2nc(NCC3CNCCO3)ccc2c1. The van der Waals surface area contributed by atoms with Crippen LogP contribution in [0.5, 0.6) is 0 Å². The molecule has 0 spiro atoms. The summed E-state index contributed by atoms with van der Waals surface area (Å²) in [6, 6.07) is 8.31. The molecule has 1 saturated heterocycles. The fourth-order valence-corrected chi connectivity index (χ4v) is 2.29. The van der Waals surface area contributed by atoms with Gasteiger partial charge < -0.3 is 15.4 Å². The summed E-state index contributed by atoms with van der Waals surface area (Å²) >= 11 is 0. The second-order valence-corrected chi connectivity index (χ2v) is 4.91. The van der Waals surface area contributed by atoms with Gasteiger partial charge in [0.15, 0.2) is 0 Å². The standard InChI is InChI=1S/C14H16N4O3/c19-18(20)11-2-3-13-10(7-11)1-4-14(17-13)16-9-12-8-15-5-6-21-12/h1-4,7,12,15H,5-6,8-9H2,(H,16,17). The van der Waals surface area contributed by atoms with Crippen LogP contribution in [-0.2, 0) is 4.74 Å². The monoisotopic (exact) mass is 288 g/mol. The summed E-state index contributed by atoms with van der Waals surface area (Å²) in [6.45, 7) is 3.12. The molecule has 1 fully saturated rings. The van der Waals surface area contributed by atoms with Gasteiger partial charge in [-0.05, 0) is 18.2 Å². The van der Waals surface area contributed by atoms with Crippen LogP contribution >= 0.6 is 0 Å². The third-order valence-electron chi connectivity index (χ3n) is 3.40. The van der Waals surface area contributed by atoms with E-state index in [-0.39, 0.29) is 11.8 Å². The van der Waals surface area contributed by atoms with Crippen LogP contribution in [0.25, 0.3) is 10.9 Å². The number of fused-ring (bicyclic) bond motifs is 1. The number of nitro benzene ring substituents is 1. The summed E-state index contributed by atoms with van der Waals surface area (Å²) < 4.78 is 5.60. The topological polar surface area (TPSA) is 89.3 Å². The zero-order valence-electron chi connectivity index (χ0n) is 11.4. The Balaban J connectivity index is 1.71. The van der Waals surface area contributed by atoms with E-state index in [9.17, 15) is 10.1 Å². The molecule has 7 heteroatoms. The van der Waals surface area contributed by atoms with Crippen LogP contribution in [0.15, 0.2) is 30.3 Å². The minimum absolute atomic E-state index is 0.0756. The largest absolute Gasteiger partial charge is 0.374 e. The van der Waals surface area contributed by atoms with E-state index in [4.69, 9.17) is 4.74 Å². The number of pyridine rings is 1. The van der Waals surface area contributed by atoms with E-state index in [1.807, 2.05) is 12.1 Å². The molecule has 2 aromatic rings. The van der Waals surface area contributed by atoms with E-state index in [0.29, 0.717) is 6.54 Å². The normalized spacial score (nSPS) is 18.6. The Morgan fingerprint density at radius 3 is 3.10 bits per heavy atom. The van der Waals surface area contributed by atoms with Gasteiger partial charge in [-0.3, -0.25) is 10.1 Å². The van der Waals surface area contributed by atoms with Crippen LogP contribution in [0, 0.1) is 10.1 Å². The van der Waals surface area contributed by atoms with Gasteiger partial charge in [-0.15, -0.1) is 0 Å². The fourth-order valence-electron chi connectivity index (χ4n) is 2.29. The third kappa shape index (κ3) is 3.26. The van der Waals surface area contributed by atoms with Crippen LogP contribution in [0.2, 0.25) is 0 Å². The highest BCUT2D eigenvalue weighted by Crippen LogP contribution is 2.21. The number of ether oxygens (including phenoxy) is 1. The quantitative estimate of drug-likeness (QED) is 0.655. The molecule has 1 aliphatic heterocycles. The molecule has 110 valence electrons. The molecule has 3 rings (SSSR count). The first-order valence-electron chi connectivity index (χ1n) is 6.84. The second-order valence-electron chi connectivity index (χ2n) is 4.91. The van der Waals surface area contributed by atoms with E-state index in [0.717, 1.165) is 36.4 Å². The van der Waals surface area contributed by atoms with E-state index < -0.39 is 4.92 Å². The molecule has 2 heterocycles. The van der Waals surface area contributed by atoms with Crippen LogP contribution in [0.4, 0.5) is 11.5 Å². The van der Waals surface area contributed by atoms with Gasteiger partial charge >= 0.3 is 0 Å². The summed E-state index contributed by atoms with van der Waals surface area (Å²) in [5.74, 6) is 0.741. The van der Waals surface area contributed by atoms with E-state index in [2.05, 4.69) is 15.6 Å². The van der Waals surface area contributed by atoms with Gasteiger partial charge in [0.1, 0.15) is 5.82 Å². The molecule has 1 atom stereocenters. The first-order valence-corrected chi connectivity index (χ1v) is 6.84. The number of anilines is 1. The first-order chi connectivity index (χ1) is 10.2. The molecule has 1 aromatic heterocycles. The summed E-state index contributed by atoms with van der Waals surface area (Å²) in [6.07, 6.45) is 0.133. The number of rotatable bonds is 4. The van der Waals surface area contributed by atoms with Crippen LogP contribution in [0.3, 0.4) is 0 Å². The molecule has 1 aromatic carbocycles.